The van der Waals surface area contributed by atoms with Gasteiger partial charge in [0.15, 0.2) is 0 Å². The van der Waals surface area contributed by atoms with Crippen LogP contribution in [0.1, 0.15) is 18.9 Å². The fourth-order valence-corrected chi connectivity index (χ4v) is 4.77. The molecule has 2 saturated heterocycles. The average Bonchev–Trinajstić information content (AvgIpc) is 2.90. The number of hydrogen-bond donors (Lipinski definition) is 3. The van der Waals surface area contributed by atoms with Crippen LogP contribution in [0.3, 0.4) is 0 Å². The molecule has 3 N–H and O–H groups in total. The van der Waals surface area contributed by atoms with Crippen molar-refractivity contribution in [2.24, 2.45) is 0 Å². The zero-order valence-electron chi connectivity index (χ0n) is 22.0. The first kappa shape index (κ1) is 28.9. The number of amides is 4. The Labute approximate surface area is 229 Å². The molecule has 4 rings (SSSR count). The van der Waals surface area contributed by atoms with Crippen molar-refractivity contribution in [3.63, 3.8) is 0 Å². The van der Waals surface area contributed by atoms with Gasteiger partial charge in [-0.25, -0.2) is 0 Å². The van der Waals surface area contributed by atoms with E-state index in [1.807, 2.05) is 9.80 Å². The third-order valence-electron chi connectivity index (χ3n) is 6.79. The van der Waals surface area contributed by atoms with E-state index in [9.17, 15) is 32.3 Å². The van der Waals surface area contributed by atoms with Crippen LogP contribution >= 0.6 is 0 Å². The number of benzene rings is 2. The van der Waals surface area contributed by atoms with Gasteiger partial charge < -0.3 is 25.8 Å². The van der Waals surface area contributed by atoms with Gasteiger partial charge in [-0.05, 0) is 42.5 Å². The molecule has 13 heteroatoms. The fraction of sp³-hybridized carbons (Fsp3) is 0.407. The van der Waals surface area contributed by atoms with Crippen LogP contribution in [0.25, 0.3) is 0 Å². The van der Waals surface area contributed by atoms with E-state index in [0.717, 1.165) is 12.1 Å². The summed E-state index contributed by atoms with van der Waals surface area (Å²) < 4.78 is 39.2. The molecule has 1 unspecified atom stereocenters. The first-order valence-electron chi connectivity index (χ1n) is 12.9. The molecule has 10 nitrogen and oxygen atoms in total. The van der Waals surface area contributed by atoms with Gasteiger partial charge in [-0.1, -0.05) is 6.07 Å². The lowest BCUT2D eigenvalue weighted by Crippen LogP contribution is -2.60. The number of anilines is 3. The number of piperazine rings is 2. The second-order valence-electron chi connectivity index (χ2n) is 9.72. The summed E-state index contributed by atoms with van der Waals surface area (Å²) in [6, 6.07) is 10.7. The van der Waals surface area contributed by atoms with Gasteiger partial charge >= 0.3 is 6.18 Å². The molecule has 2 heterocycles. The number of halogens is 3. The topological polar surface area (TPSA) is 114 Å². The maximum atomic E-state index is 13.2. The number of hydrogen-bond acceptors (Lipinski definition) is 6. The molecule has 2 aromatic rings. The molecule has 2 fully saturated rings. The smallest absolute Gasteiger partial charge is 0.369 e. The number of alkyl halides is 3. The molecule has 0 aromatic heterocycles. The van der Waals surface area contributed by atoms with E-state index in [4.69, 9.17) is 0 Å². The standard InChI is InChI=1S/C27H31F3N6O4/c1-18(37)32-20-5-7-21(8-6-20)33-24(38)16-23-26(40)31-9-10-36(23)25(39)17-34-11-13-35(14-12-34)22-4-2-3-19(15-22)27(28,29)30/h2-8,15,23H,9-14,16-17H2,1H3,(H,31,40)(H,32,37)(H,33,38). The van der Waals surface area contributed by atoms with Gasteiger partial charge in [0, 0.05) is 63.3 Å². The second kappa shape index (κ2) is 12.4. The Bertz CT molecular complexity index is 1250. The Balaban J connectivity index is 1.31. The lowest BCUT2D eigenvalue weighted by molar-refractivity contribution is -0.145. The van der Waals surface area contributed by atoms with Gasteiger partial charge in [-0.15, -0.1) is 0 Å². The van der Waals surface area contributed by atoms with Crippen molar-refractivity contribution in [3.05, 3.63) is 54.1 Å². The van der Waals surface area contributed by atoms with Gasteiger partial charge in [0.1, 0.15) is 6.04 Å². The van der Waals surface area contributed by atoms with Crippen molar-refractivity contribution >= 4 is 40.7 Å². The molecule has 0 saturated carbocycles. The predicted octanol–water partition coefficient (Wildman–Crippen LogP) is 2.14. The quantitative estimate of drug-likeness (QED) is 0.478. The summed E-state index contributed by atoms with van der Waals surface area (Å²) in [4.78, 5) is 54.8. The van der Waals surface area contributed by atoms with Crippen molar-refractivity contribution in [2.45, 2.75) is 25.6 Å². The summed E-state index contributed by atoms with van der Waals surface area (Å²) in [6.45, 7) is 3.77. The Morgan fingerprint density at radius 3 is 2.23 bits per heavy atom. The Kier molecular flexibility index (Phi) is 8.93. The van der Waals surface area contributed by atoms with Crippen molar-refractivity contribution in [2.75, 3.05) is 61.3 Å². The molecule has 0 radical (unpaired) electrons. The molecule has 40 heavy (non-hydrogen) atoms. The minimum absolute atomic E-state index is 0.0342. The van der Waals surface area contributed by atoms with Crippen LogP contribution in [0.4, 0.5) is 30.2 Å². The van der Waals surface area contributed by atoms with E-state index < -0.39 is 29.6 Å². The molecule has 4 amide bonds. The van der Waals surface area contributed by atoms with E-state index >= 15 is 0 Å². The normalized spacial score (nSPS) is 18.2. The monoisotopic (exact) mass is 560 g/mol. The second-order valence-corrected chi connectivity index (χ2v) is 9.72. The van der Waals surface area contributed by atoms with Gasteiger partial charge in [-0.3, -0.25) is 24.1 Å². The largest absolute Gasteiger partial charge is 0.416 e. The van der Waals surface area contributed by atoms with E-state index in [-0.39, 0.29) is 37.9 Å². The zero-order chi connectivity index (χ0) is 28.9. The van der Waals surface area contributed by atoms with Crippen LogP contribution < -0.4 is 20.9 Å². The van der Waals surface area contributed by atoms with E-state index in [2.05, 4.69) is 16.0 Å². The lowest BCUT2D eigenvalue weighted by Gasteiger charge is -2.39. The van der Waals surface area contributed by atoms with Crippen molar-refractivity contribution in [1.82, 2.24) is 15.1 Å². The highest BCUT2D eigenvalue weighted by molar-refractivity contribution is 5.98. The van der Waals surface area contributed by atoms with E-state index in [1.165, 1.54) is 17.9 Å². The molecule has 1 atom stereocenters. The Morgan fingerprint density at radius 2 is 1.60 bits per heavy atom. The van der Waals surface area contributed by atoms with Gasteiger partial charge in [0.05, 0.1) is 18.5 Å². The molecule has 0 aliphatic carbocycles. The minimum atomic E-state index is -4.42. The van der Waals surface area contributed by atoms with Crippen LogP contribution in [0.5, 0.6) is 0 Å². The molecule has 2 aliphatic rings. The van der Waals surface area contributed by atoms with E-state index in [0.29, 0.717) is 43.2 Å². The lowest BCUT2D eigenvalue weighted by atomic mass is 10.1. The summed E-state index contributed by atoms with van der Waals surface area (Å²) in [6.07, 6.45) is -4.65. The number of nitrogens with one attached hydrogen (secondary N) is 3. The maximum Gasteiger partial charge on any atom is 0.416 e. The average molecular weight is 561 g/mol. The van der Waals surface area contributed by atoms with Crippen molar-refractivity contribution in [3.8, 4) is 0 Å². The van der Waals surface area contributed by atoms with E-state index in [1.54, 1.807) is 30.3 Å². The highest BCUT2D eigenvalue weighted by Crippen LogP contribution is 2.32. The van der Waals surface area contributed by atoms with Crippen molar-refractivity contribution in [1.29, 1.82) is 0 Å². The summed E-state index contributed by atoms with van der Waals surface area (Å²) in [5.41, 5.74) is 0.823. The van der Waals surface area contributed by atoms with Crippen LogP contribution in [0, 0.1) is 0 Å². The summed E-state index contributed by atoms with van der Waals surface area (Å²) in [5.74, 6) is -1.37. The van der Waals surface area contributed by atoms with Crippen LogP contribution in [0.2, 0.25) is 0 Å². The molecule has 0 bridgehead atoms. The number of nitrogens with zero attached hydrogens (tertiary/aromatic N) is 3. The first-order valence-corrected chi connectivity index (χ1v) is 12.9. The maximum absolute atomic E-state index is 13.2. The zero-order valence-corrected chi connectivity index (χ0v) is 22.0. The number of carbonyl (C=O) groups is 4. The molecular formula is C27H31F3N6O4. The molecule has 214 valence electrons. The van der Waals surface area contributed by atoms with Crippen LogP contribution in [-0.2, 0) is 25.4 Å². The predicted molar refractivity (Wildman–Crippen MR) is 143 cm³/mol. The van der Waals surface area contributed by atoms with Gasteiger partial charge in [-0.2, -0.15) is 13.2 Å². The SMILES string of the molecule is CC(=O)Nc1ccc(NC(=O)CC2C(=O)NCCN2C(=O)CN2CCN(c3cccc(C(F)(F)F)c3)CC2)cc1. The van der Waals surface area contributed by atoms with Gasteiger partial charge in [0.2, 0.25) is 23.6 Å². The summed E-state index contributed by atoms with van der Waals surface area (Å²) >= 11 is 0. The summed E-state index contributed by atoms with van der Waals surface area (Å²) in [7, 11) is 0. The Morgan fingerprint density at radius 1 is 0.950 bits per heavy atom. The fourth-order valence-electron chi connectivity index (χ4n) is 4.77. The van der Waals surface area contributed by atoms with Crippen LogP contribution in [0.15, 0.2) is 48.5 Å². The highest BCUT2D eigenvalue weighted by atomic mass is 19.4. The highest BCUT2D eigenvalue weighted by Gasteiger charge is 2.36. The van der Waals surface area contributed by atoms with Gasteiger partial charge in [0.25, 0.3) is 0 Å². The minimum Gasteiger partial charge on any atom is -0.369 e. The number of rotatable bonds is 7. The Hall–Kier alpha value is -4.13. The first-order chi connectivity index (χ1) is 19.0. The summed E-state index contributed by atoms with van der Waals surface area (Å²) in [5, 5.41) is 8.04. The van der Waals surface area contributed by atoms with Crippen LogP contribution in [-0.4, -0.2) is 85.3 Å². The van der Waals surface area contributed by atoms with Crippen molar-refractivity contribution < 1.29 is 32.3 Å². The molecular weight excluding hydrogens is 529 g/mol. The molecule has 2 aromatic carbocycles. The molecule has 0 spiro atoms. The molecule has 2 aliphatic heterocycles. The number of carbonyl (C=O) groups excluding carboxylic acids is 4. The third kappa shape index (κ3) is 7.50. The third-order valence-corrected chi connectivity index (χ3v) is 6.79.